The van der Waals surface area contributed by atoms with Gasteiger partial charge in [-0.05, 0) is 46.5 Å². The van der Waals surface area contributed by atoms with Gasteiger partial charge in [-0.15, -0.1) is 0 Å². The summed E-state index contributed by atoms with van der Waals surface area (Å²) in [4.78, 5) is 41.1. The first-order valence-electron chi connectivity index (χ1n) is 12.6. The number of carbonyl (C=O) groups excluding carboxylic acids is 3. The van der Waals surface area contributed by atoms with E-state index in [2.05, 4.69) is 16.7 Å². The summed E-state index contributed by atoms with van der Waals surface area (Å²) < 4.78 is 22.9. The van der Waals surface area contributed by atoms with Crippen molar-refractivity contribution >= 4 is 17.7 Å². The molecule has 4 aliphatic heterocycles. The largest absolute Gasteiger partial charge is 0.353 e. The summed E-state index contributed by atoms with van der Waals surface area (Å²) >= 11 is 0. The SMILES string of the molecule is COC1OC(CNC(=O)C(=O)N2CCC(C)(NCC(=O)N3CCCC3C#N)CC2)C2OC(C)(C)OC12. The van der Waals surface area contributed by atoms with E-state index in [0.717, 1.165) is 12.8 Å². The van der Waals surface area contributed by atoms with Gasteiger partial charge in [0.05, 0.1) is 12.6 Å². The van der Waals surface area contributed by atoms with Gasteiger partial charge in [-0.25, -0.2) is 0 Å². The minimum Gasteiger partial charge on any atom is -0.353 e. The summed E-state index contributed by atoms with van der Waals surface area (Å²) in [5, 5.41) is 15.2. The van der Waals surface area contributed by atoms with Crippen LogP contribution in [0.4, 0.5) is 0 Å². The topological polar surface area (TPSA) is 142 Å². The quantitative estimate of drug-likeness (QED) is 0.454. The maximum absolute atomic E-state index is 12.8. The van der Waals surface area contributed by atoms with Gasteiger partial charge in [0, 0.05) is 38.8 Å². The second-order valence-corrected chi connectivity index (χ2v) is 10.6. The number of ether oxygens (including phenoxy) is 4. The van der Waals surface area contributed by atoms with Crippen molar-refractivity contribution in [2.24, 2.45) is 0 Å². The monoisotopic (exact) mass is 507 g/mol. The molecule has 200 valence electrons. The first-order chi connectivity index (χ1) is 17.1. The lowest BCUT2D eigenvalue weighted by Crippen LogP contribution is -2.57. The molecule has 0 spiro atoms. The van der Waals surface area contributed by atoms with Crippen LogP contribution in [0.1, 0.15) is 46.5 Å². The van der Waals surface area contributed by atoms with Crippen molar-refractivity contribution in [2.45, 2.75) is 88.4 Å². The van der Waals surface area contributed by atoms with E-state index in [4.69, 9.17) is 18.9 Å². The molecule has 0 aliphatic carbocycles. The number of fused-ring (bicyclic) bond motifs is 1. The molecule has 0 aromatic carbocycles. The number of nitrogens with zero attached hydrogens (tertiary/aromatic N) is 3. The van der Waals surface area contributed by atoms with Crippen LogP contribution in [0.25, 0.3) is 0 Å². The highest BCUT2D eigenvalue weighted by atomic mass is 16.8. The van der Waals surface area contributed by atoms with Crippen LogP contribution in [-0.4, -0.2) is 109 Å². The van der Waals surface area contributed by atoms with Crippen molar-refractivity contribution in [1.29, 1.82) is 5.26 Å². The molecule has 0 bridgehead atoms. The van der Waals surface area contributed by atoms with Crippen molar-refractivity contribution in [2.75, 3.05) is 39.8 Å². The Morgan fingerprint density at radius 3 is 2.47 bits per heavy atom. The van der Waals surface area contributed by atoms with E-state index in [-0.39, 0.29) is 30.6 Å². The van der Waals surface area contributed by atoms with Gasteiger partial charge in [0.15, 0.2) is 12.1 Å². The standard InChI is InChI=1S/C24H37N5O7/c1-23(2)35-18-16(34-22(33-4)19(18)36-23)13-26-20(31)21(32)28-10-7-24(3,8-11-28)27-14-17(30)29-9-5-6-15(29)12-25/h15-16,18-19,22,27H,5-11,13-14H2,1-4H3,(H,26,31). The van der Waals surface area contributed by atoms with Crippen LogP contribution in [-0.2, 0) is 33.3 Å². The van der Waals surface area contributed by atoms with E-state index >= 15 is 0 Å². The fourth-order valence-corrected chi connectivity index (χ4v) is 5.38. The Bertz CT molecular complexity index is 898. The predicted molar refractivity (Wildman–Crippen MR) is 125 cm³/mol. The van der Waals surface area contributed by atoms with Crippen molar-refractivity contribution < 1.29 is 33.3 Å². The van der Waals surface area contributed by atoms with E-state index in [1.165, 1.54) is 12.0 Å². The maximum atomic E-state index is 12.8. The molecule has 4 aliphatic rings. The molecular weight excluding hydrogens is 470 g/mol. The smallest absolute Gasteiger partial charge is 0.311 e. The number of likely N-dealkylation sites (tertiary alicyclic amines) is 2. The Hall–Kier alpha value is -2.30. The molecule has 0 radical (unpaired) electrons. The Balaban J connectivity index is 1.21. The predicted octanol–water partition coefficient (Wildman–Crippen LogP) is -0.521. The number of methoxy groups -OCH3 is 1. The average molecular weight is 508 g/mol. The number of hydrogen-bond donors (Lipinski definition) is 2. The fourth-order valence-electron chi connectivity index (χ4n) is 5.38. The molecule has 0 aromatic heterocycles. The van der Waals surface area contributed by atoms with Crippen LogP contribution in [0.15, 0.2) is 0 Å². The third kappa shape index (κ3) is 5.65. The van der Waals surface area contributed by atoms with Crippen molar-refractivity contribution in [3.63, 3.8) is 0 Å². The van der Waals surface area contributed by atoms with Gasteiger partial charge >= 0.3 is 11.8 Å². The van der Waals surface area contributed by atoms with Crippen LogP contribution < -0.4 is 10.6 Å². The number of carbonyl (C=O) groups is 3. The molecule has 3 amide bonds. The Morgan fingerprint density at radius 2 is 1.81 bits per heavy atom. The van der Waals surface area contributed by atoms with E-state index in [1.54, 1.807) is 4.90 Å². The van der Waals surface area contributed by atoms with Crippen molar-refractivity contribution in [3.05, 3.63) is 0 Å². The van der Waals surface area contributed by atoms with Gasteiger partial charge in [0.2, 0.25) is 5.91 Å². The van der Waals surface area contributed by atoms with Gasteiger partial charge in [-0.1, -0.05) is 0 Å². The second kappa shape index (κ2) is 10.6. The molecule has 36 heavy (non-hydrogen) atoms. The third-order valence-corrected chi connectivity index (χ3v) is 7.54. The molecular formula is C24H37N5O7. The van der Waals surface area contributed by atoms with Crippen LogP contribution in [0.5, 0.6) is 0 Å². The zero-order valence-electron chi connectivity index (χ0n) is 21.5. The molecule has 4 heterocycles. The summed E-state index contributed by atoms with van der Waals surface area (Å²) in [5.41, 5.74) is -0.334. The lowest BCUT2D eigenvalue weighted by atomic mass is 9.89. The molecule has 4 fully saturated rings. The van der Waals surface area contributed by atoms with E-state index in [0.29, 0.717) is 32.5 Å². The number of amides is 3. The van der Waals surface area contributed by atoms with Crippen LogP contribution in [0, 0.1) is 11.3 Å². The van der Waals surface area contributed by atoms with E-state index < -0.39 is 42.2 Å². The molecule has 5 atom stereocenters. The Labute approximate surface area is 211 Å². The van der Waals surface area contributed by atoms with E-state index in [1.807, 2.05) is 20.8 Å². The second-order valence-electron chi connectivity index (χ2n) is 10.6. The fraction of sp³-hybridized carbons (Fsp3) is 0.833. The van der Waals surface area contributed by atoms with Gasteiger partial charge in [-0.2, -0.15) is 5.26 Å². The zero-order chi connectivity index (χ0) is 26.1. The summed E-state index contributed by atoms with van der Waals surface area (Å²) in [6, 6.07) is 1.84. The minimum absolute atomic E-state index is 0.0785. The summed E-state index contributed by atoms with van der Waals surface area (Å²) in [7, 11) is 1.52. The van der Waals surface area contributed by atoms with Crippen molar-refractivity contribution in [3.8, 4) is 6.07 Å². The van der Waals surface area contributed by atoms with Crippen LogP contribution in [0.2, 0.25) is 0 Å². The van der Waals surface area contributed by atoms with Gasteiger partial charge in [0.1, 0.15) is 24.4 Å². The van der Waals surface area contributed by atoms with Gasteiger partial charge in [0.25, 0.3) is 0 Å². The Kier molecular flexibility index (Phi) is 7.87. The lowest BCUT2D eigenvalue weighted by Gasteiger charge is -2.40. The first kappa shape index (κ1) is 26.8. The van der Waals surface area contributed by atoms with Crippen LogP contribution >= 0.6 is 0 Å². The van der Waals surface area contributed by atoms with E-state index in [9.17, 15) is 19.6 Å². The molecule has 2 N–H and O–H groups in total. The molecule has 5 unspecified atom stereocenters. The minimum atomic E-state index is -0.779. The zero-order valence-corrected chi connectivity index (χ0v) is 21.5. The highest BCUT2D eigenvalue weighted by molar-refractivity contribution is 6.35. The highest BCUT2D eigenvalue weighted by Gasteiger charge is 2.55. The normalized spacial score (nSPS) is 32.7. The van der Waals surface area contributed by atoms with Crippen LogP contribution in [0.3, 0.4) is 0 Å². The molecule has 12 nitrogen and oxygen atoms in total. The Morgan fingerprint density at radius 1 is 1.11 bits per heavy atom. The summed E-state index contributed by atoms with van der Waals surface area (Å²) in [6.07, 6.45) is 0.856. The number of rotatable bonds is 6. The summed E-state index contributed by atoms with van der Waals surface area (Å²) in [6.45, 7) is 7.29. The highest BCUT2D eigenvalue weighted by Crippen LogP contribution is 2.38. The molecule has 4 saturated heterocycles. The number of hydrogen-bond acceptors (Lipinski definition) is 9. The molecule has 0 saturated carbocycles. The first-order valence-corrected chi connectivity index (χ1v) is 12.6. The molecule has 0 aromatic rings. The maximum Gasteiger partial charge on any atom is 0.311 e. The summed E-state index contributed by atoms with van der Waals surface area (Å²) in [5.74, 6) is -2.15. The third-order valence-electron chi connectivity index (χ3n) is 7.54. The molecule has 12 heteroatoms. The van der Waals surface area contributed by atoms with Gasteiger partial charge < -0.3 is 39.4 Å². The van der Waals surface area contributed by atoms with Gasteiger partial charge in [-0.3, -0.25) is 14.4 Å². The number of nitrogens with one attached hydrogen (secondary N) is 2. The average Bonchev–Trinajstić information content (AvgIpc) is 3.54. The lowest BCUT2D eigenvalue weighted by molar-refractivity contribution is -0.226. The number of nitriles is 1. The number of piperidine rings is 1. The molecule has 4 rings (SSSR count). The van der Waals surface area contributed by atoms with Crippen molar-refractivity contribution in [1.82, 2.24) is 20.4 Å².